The standard InChI is InChI=1S/C34H58N10O6.C14H22N4O3/c35-31(36)41-11-7-25(8-12-41)23-29(45)39-15-19-43(20-16-39)33(47)49-27-3-1-4-28(6-2-5-27)50-34(48)44-21-17-40(18-22-44)30(46)24-26-9-13-42(14-10-26)32(37)38;19-13(17-8-10-18(11-9-17)14(20)21)4-2-1-3-6-16-7-5-15-12-16/h25-28H,1-24H2,(H3,35,36)(H3,37,38);5,7,12H,1-4,6,8-11H2,(H,20,21). The minimum absolute atomic E-state index is 0.0935. The smallest absolute Gasteiger partial charge is 0.410 e. The zero-order valence-electron chi connectivity index (χ0n) is 41.7. The molecule has 0 radical (unpaired) electrons. The molecule has 0 bridgehead atoms. The molecule has 1 aliphatic carbocycles. The van der Waals surface area contributed by atoms with E-state index in [1.165, 1.54) is 4.90 Å². The van der Waals surface area contributed by atoms with E-state index in [0.29, 0.717) is 136 Å². The van der Waals surface area contributed by atoms with Crippen molar-refractivity contribution in [3.05, 3.63) is 18.7 Å². The summed E-state index contributed by atoms with van der Waals surface area (Å²) in [6.07, 6.45) is 16.0. The van der Waals surface area contributed by atoms with Gasteiger partial charge in [-0.3, -0.25) is 25.2 Å². The normalized spacial score (nSPS) is 21.9. The minimum Gasteiger partial charge on any atom is -0.465 e. The fraction of sp³-hybridized carbons (Fsp3) is 0.771. The number of unbranched alkanes of at least 4 members (excludes halogenated alkanes) is 2. The zero-order valence-corrected chi connectivity index (χ0v) is 41.7. The number of amides is 6. The second-order valence-corrected chi connectivity index (χ2v) is 19.9. The predicted octanol–water partition coefficient (Wildman–Crippen LogP) is 2.90. The van der Waals surface area contributed by atoms with Crippen molar-refractivity contribution in [2.75, 3.05) is 105 Å². The van der Waals surface area contributed by atoms with E-state index in [1.807, 2.05) is 30.4 Å². The number of nitrogens with zero attached hydrogens (tertiary/aromatic N) is 10. The van der Waals surface area contributed by atoms with Gasteiger partial charge in [0.25, 0.3) is 0 Å². The van der Waals surface area contributed by atoms with Crippen molar-refractivity contribution in [2.45, 2.75) is 121 Å². The van der Waals surface area contributed by atoms with Gasteiger partial charge in [-0.05, 0) is 88.9 Å². The van der Waals surface area contributed by atoms with E-state index in [2.05, 4.69) is 4.98 Å². The van der Waals surface area contributed by atoms with E-state index in [1.54, 1.807) is 27.2 Å². The molecule has 6 heterocycles. The minimum atomic E-state index is -0.901. The molecule has 6 fully saturated rings. The molecule has 1 saturated carbocycles. The van der Waals surface area contributed by atoms with Gasteiger partial charge in [-0.25, -0.2) is 19.4 Å². The van der Waals surface area contributed by atoms with Crippen molar-refractivity contribution in [3.8, 4) is 0 Å². The highest BCUT2D eigenvalue weighted by atomic mass is 16.6. The van der Waals surface area contributed by atoms with Crippen LogP contribution < -0.4 is 11.5 Å². The summed E-state index contributed by atoms with van der Waals surface area (Å²) in [6.45, 7) is 9.53. The van der Waals surface area contributed by atoms with Crippen molar-refractivity contribution in [2.24, 2.45) is 23.3 Å². The lowest BCUT2D eigenvalue weighted by Crippen LogP contribution is -2.52. The predicted molar refractivity (Wildman–Crippen MR) is 263 cm³/mol. The number of hydrogen-bond acceptors (Lipinski definition) is 11. The Hall–Kier alpha value is -6.03. The molecule has 6 aliphatic rings. The highest BCUT2D eigenvalue weighted by Gasteiger charge is 2.33. The van der Waals surface area contributed by atoms with E-state index < -0.39 is 6.09 Å². The van der Waals surface area contributed by atoms with Gasteiger partial charge in [0, 0.05) is 143 Å². The maximum Gasteiger partial charge on any atom is 0.410 e. The average Bonchev–Trinajstić information content (AvgIpc) is 3.89. The lowest BCUT2D eigenvalue weighted by atomic mass is 9.93. The Morgan fingerprint density at radius 1 is 0.507 bits per heavy atom. The first kappa shape index (κ1) is 54.3. The number of nitrogens with two attached hydrogens (primary N) is 2. The average molecular weight is 997 g/mol. The third-order valence-electron chi connectivity index (χ3n) is 15.0. The molecule has 71 heavy (non-hydrogen) atoms. The molecule has 396 valence electrons. The van der Waals surface area contributed by atoms with Gasteiger partial charge in [0.15, 0.2) is 11.9 Å². The molecule has 5 aliphatic heterocycles. The van der Waals surface area contributed by atoms with Crippen molar-refractivity contribution < 1.29 is 43.3 Å². The van der Waals surface area contributed by atoms with Crippen LogP contribution >= 0.6 is 0 Å². The summed E-state index contributed by atoms with van der Waals surface area (Å²) in [5, 5.41) is 24.0. The molecular weight excluding hydrogens is 917 g/mol. The van der Waals surface area contributed by atoms with Gasteiger partial charge in [0.05, 0.1) is 6.33 Å². The molecule has 1 aromatic rings. The van der Waals surface area contributed by atoms with E-state index >= 15 is 0 Å². The number of guanidine groups is 2. The number of aryl methyl sites for hydroxylation is 1. The molecule has 1 aromatic heterocycles. The Kier molecular flexibility index (Phi) is 21.1. The van der Waals surface area contributed by atoms with Crippen LogP contribution in [0.3, 0.4) is 0 Å². The number of rotatable bonds is 12. The van der Waals surface area contributed by atoms with Crippen LogP contribution in [0, 0.1) is 22.7 Å². The quantitative estimate of drug-likeness (QED) is 0.114. The van der Waals surface area contributed by atoms with E-state index in [4.69, 9.17) is 36.9 Å². The number of imidazole rings is 1. The Bertz CT molecular complexity index is 1800. The van der Waals surface area contributed by atoms with Gasteiger partial charge in [-0.1, -0.05) is 6.42 Å². The van der Waals surface area contributed by atoms with Gasteiger partial charge in [-0.15, -0.1) is 0 Å². The number of carbonyl (C=O) groups is 6. The number of ether oxygens (including phenoxy) is 2. The Morgan fingerprint density at radius 2 is 0.901 bits per heavy atom. The Labute approximate surface area is 418 Å². The largest absolute Gasteiger partial charge is 0.465 e. The van der Waals surface area contributed by atoms with Crippen molar-refractivity contribution in [3.63, 3.8) is 0 Å². The number of carbonyl (C=O) groups excluding carboxylic acids is 5. The number of carboxylic acid groups (broad SMARTS) is 1. The third-order valence-corrected chi connectivity index (χ3v) is 15.0. The van der Waals surface area contributed by atoms with Gasteiger partial charge in [-0.2, -0.15) is 0 Å². The second kappa shape index (κ2) is 27.5. The number of aromatic nitrogens is 2. The summed E-state index contributed by atoms with van der Waals surface area (Å²) in [5.41, 5.74) is 11.2. The van der Waals surface area contributed by atoms with E-state index in [0.717, 1.165) is 90.0 Å². The van der Waals surface area contributed by atoms with Crippen molar-refractivity contribution in [1.29, 1.82) is 10.8 Å². The molecule has 7 rings (SSSR count). The first-order valence-electron chi connectivity index (χ1n) is 26.1. The third kappa shape index (κ3) is 17.4. The molecule has 0 spiro atoms. The van der Waals surface area contributed by atoms with Gasteiger partial charge >= 0.3 is 18.3 Å². The molecule has 0 atom stereocenters. The summed E-state index contributed by atoms with van der Waals surface area (Å²) in [6, 6.07) is 0. The van der Waals surface area contributed by atoms with E-state index in [-0.39, 0.29) is 54.0 Å². The molecular formula is C48H80N14O9. The summed E-state index contributed by atoms with van der Waals surface area (Å²) in [4.78, 5) is 92.5. The molecule has 23 nitrogen and oxygen atoms in total. The first-order valence-corrected chi connectivity index (χ1v) is 26.1. The Balaban J connectivity index is 0.000000327. The summed E-state index contributed by atoms with van der Waals surface area (Å²) >= 11 is 0. The fourth-order valence-electron chi connectivity index (χ4n) is 10.4. The molecule has 0 unspecified atom stereocenters. The number of likely N-dealkylation sites (tertiary alicyclic amines) is 2. The highest BCUT2D eigenvalue weighted by Crippen LogP contribution is 2.26. The Morgan fingerprint density at radius 3 is 1.28 bits per heavy atom. The lowest BCUT2D eigenvalue weighted by Gasteiger charge is -2.37. The van der Waals surface area contributed by atoms with Crippen LogP contribution in [0.4, 0.5) is 14.4 Å². The van der Waals surface area contributed by atoms with Crippen molar-refractivity contribution >= 4 is 47.9 Å². The SMILES string of the molecule is N=C(N)N1CCC(CC(=O)N2CCN(C(=O)OC3CCCC(OC(=O)N4CCN(C(=O)CC5CCN(C(=N)N)CC5)CC4)CCC3)CC2)CC1.O=C(O)N1CCN(C(=O)CCCCCn2ccnc2)CC1. The fourth-order valence-corrected chi connectivity index (χ4v) is 10.4. The molecule has 23 heteroatoms. The van der Waals surface area contributed by atoms with Crippen LogP contribution in [0.5, 0.6) is 0 Å². The van der Waals surface area contributed by atoms with Crippen LogP contribution in [0.2, 0.25) is 0 Å². The van der Waals surface area contributed by atoms with Gasteiger partial charge in [0.2, 0.25) is 17.7 Å². The first-order chi connectivity index (χ1) is 34.2. The maximum absolute atomic E-state index is 13.0. The van der Waals surface area contributed by atoms with Crippen LogP contribution in [-0.2, 0) is 30.4 Å². The number of piperidine rings is 2. The molecule has 6 amide bonds. The van der Waals surface area contributed by atoms with Crippen LogP contribution in [0.1, 0.15) is 103 Å². The van der Waals surface area contributed by atoms with Crippen LogP contribution in [0.25, 0.3) is 0 Å². The maximum atomic E-state index is 13.0. The van der Waals surface area contributed by atoms with Crippen LogP contribution in [-0.4, -0.2) is 219 Å². The second-order valence-electron chi connectivity index (χ2n) is 19.9. The lowest BCUT2D eigenvalue weighted by molar-refractivity contribution is -0.134. The van der Waals surface area contributed by atoms with Gasteiger partial charge in [0.1, 0.15) is 12.2 Å². The van der Waals surface area contributed by atoms with E-state index in [9.17, 15) is 28.8 Å². The number of nitrogens with one attached hydrogen (secondary N) is 2. The molecule has 5 saturated heterocycles. The zero-order chi connectivity index (χ0) is 50.7. The molecule has 0 aromatic carbocycles. The van der Waals surface area contributed by atoms with Crippen LogP contribution in [0.15, 0.2) is 18.7 Å². The highest BCUT2D eigenvalue weighted by molar-refractivity contribution is 5.79. The monoisotopic (exact) mass is 997 g/mol. The summed E-state index contributed by atoms with van der Waals surface area (Å²) in [7, 11) is 0. The van der Waals surface area contributed by atoms with Gasteiger partial charge < -0.3 is 69.8 Å². The number of piperazine rings is 3. The van der Waals surface area contributed by atoms with Crippen molar-refractivity contribution in [1.82, 2.24) is 48.8 Å². The molecule has 7 N–H and O–H groups in total. The summed E-state index contributed by atoms with van der Waals surface area (Å²) in [5.74, 6) is 1.19. The summed E-state index contributed by atoms with van der Waals surface area (Å²) < 4.78 is 13.8. The topological polar surface area (TPSA) is 285 Å². The number of hydrogen-bond donors (Lipinski definition) is 5.